The molecule has 0 heterocycles. The number of esters is 1. The molecule has 2 aromatic rings. The maximum Gasteiger partial charge on any atom is 0.340 e. The third-order valence-corrected chi connectivity index (χ3v) is 4.65. The van der Waals surface area contributed by atoms with Crippen molar-refractivity contribution in [2.45, 2.75) is 13.0 Å². The highest BCUT2D eigenvalue weighted by Crippen LogP contribution is 2.29. The van der Waals surface area contributed by atoms with Crippen molar-refractivity contribution in [3.05, 3.63) is 53.6 Å². The summed E-state index contributed by atoms with van der Waals surface area (Å²) in [6, 6.07) is 10.7. The van der Waals surface area contributed by atoms with Gasteiger partial charge in [-0.2, -0.15) is 0 Å². The molecule has 1 amide bonds. The minimum Gasteiger partial charge on any atom is -0.497 e. The topological polar surface area (TPSA) is 120 Å². The zero-order chi connectivity index (χ0) is 22.3. The van der Waals surface area contributed by atoms with Crippen molar-refractivity contribution in [1.29, 1.82) is 0 Å². The molecule has 0 saturated carbocycles. The fourth-order valence-corrected chi connectivity index (χ4v) is 3.27. The van der Waals surface area contributed by atoms with E-state index in [2.05, 4.69) is 10.0 Å². The molecule has 0 radical (unpaired) electrons. The van der Waals surface area contributed by atoms with Gasteiger partial charge in [0.15, 0.2) is 6.61 Å². The Labute approximate surface area is 175 Å². The number of methoxy groups -OCH3 is 2. The quantitative estimate of drug-likeness (QED) is 0.578. The minimum absolute atomic E-state index is 0.00163. The Bertz CT molecular complexity index is 1020. The second kappa shape index (κ2) is 9.97. The van der Waals surface area contributed by atoms with E-state index in [-0.39, 0.29) is 11.3 Å². The molecule has 0 fully saturated rings. The minimum atomic E-state index is -3.58. The number of anilines is 1. The van der Waals surface area contributed by atoms with Crippen molar-refractivity contribution in [2.75, 3.05) is 31.8 Å². The van der Waals surface area contributed by atoms with Gasteiger partial charge in [-0.15, -0.1) is 0 Å². The highest BCUT2D eigenvalue weighted by atomic mass is 32.2. The van der Waals surface area contributed by atoms with Crippen LogP contribution in [-0.4, -0.2) is 47.4 Å². The van der Waals surface area contributed by atoms with Crippen LogP contribution in [0.3, 0.4) is 0 Å². The second-order valence-corrected chi connectivity index (χ2v) is 8.14. The molecule has 2 N–H and O–H groups in total. The van der Waals surface area contributed by atoms with Gasteiger partial charge < -0.3 is 19.5 Å². The lowest BCUT2D eigenvalue weighted by Crippen LogP contribution is -2.31. The van der Waals surface area contributed by atoms with Crippen molar-refractivity contribution >= 4 is 27.6 Å². The van der Waals surface area contributed by atoms with Crippen molar-refractivity contribution < 1.29 is 32.2 Å². The maximum atomic E-state index is 12.3. The summed E-state index contributed by atoms with van der Waals surface area (Å²) in [7, 11) is -0.533. The molecule has 0 aromatic heterocycles. The molecule has 1 atom stereocenters. The normalized spacial score (nSPS) is 11.9. The number of carbonyl (C=O) groups is 2. The first-order valence-electron chi connectivity index (χ1n) is 8.90. The lowest BCUT2D eigenvalue weighted by molar-refractivity contribution is -0.124. The van der Waals surface area contributed by atoms with Crippen LogP contribution in [0.25, 0.3) is 0 Å². The number of rotatable bonds is 9. The monoisotopic (exact) mass is 436 g/mol. The van der Waals surface area contributed by atoms with Gasteiger partial charge in [-0.1, -0.05) is 12.1 Å². The lowest BCUT2D eigenvalue weighted by atomic mass is 10.1. The Hall–Kier alpha value is -3.27. The molecule has 2 aromatic carbocycles. The van der Waals surface area contributed by atoms with Gasteiger partial charge in [-0.3, -0.25) is 9.52 Å². The molecule has 0 bridgehead atoms. The van der Waals surface area contributed by atoms with Gasteiger partial charge in [0.1, 0.15) is 11.5 Å². The van der Waals surface area contributed by atoms with Crippen molar-refractivity contribution in [2.24, 2.45) is 0 Å². The molecular weight excluding hydrogens is 412 g/mol. The Morgan fingerprint density at radius 2 is 1.77 bits per heavy atom. The summed E-state index contributed by atoms with van der Waals surface area (Å²) in [6.07, 6.45) is 0.969. The highest BCUT2D eigenvalue weighted by Gasteiger charge is 2.19. The van der Waals surface area contributed by atoms with Crippen LogP contribution >= 0.6 is 0 Å². The molecule has 0 unspecified atom stereocenters. The Balaban J connectivity index is 2.03. The summed E-state index contributed by atoms with van der Waals surface area (Å²) in [6.45, 7) is 1.21. The van der Waals surface area contributed by atoms with E-state index in [1.165, 1.54) is 26.4 Å². The van der Waals surface area contributed by atoms with Crippen molar-refractivity contribution in [1.82, 2.24) is 5.32 Å². The number of hydrogen-bond donors (Lipinski definition) is 2. The average Bonchev–Trinajstić information content (AvgIpc) is 2.70. The number of nitrogens with one attached hydrogen (secondary N) is 2. The molecule has 10 heteroatoms. The van der Waals surface area contributed by atoms with E-state index in [0.717, 1.165) is 6.26 Å². The largest absolute Gasteiger partial charge is 0.497 e. The van der Waals surface area contributed by atoms with Crippen LogP contribution in [0.1, 0.15) is 28.9 Å². The molecule has 0 aliphatic carbocycles. The average molecular weight is 436 g/mol. The Morgan fingerprint density at radius 3 is 2.40 bits per heavy atom. The van der Waals surface area contributed by atoms with E-state index < -0.39 is 34.5 Å². The van der Waals surface area contributed by atoms with Crippen LogP contribution in [-0.2, 0) is 19.6 Å². The molecule has 9 nitrogen and oxygen atoms in total. The van der Waals surface area contributed by atoms with Crippen LogP contribution in [0, 0.1) is 0 Å². The van der Waals surface area contributed by atoms with Gasteiger partial charge in [0.25, 0.3) is 5.91 Å². The predicted molar refractivity (Wildman–Crippen MR) is 111 cm³/mol. The summed E-state index contributed by atoms with van der Waals surface area (Å²) < 4.78 is 40.7. The number of carbonyl (C=O) groups excluding carboxylic acids is 2. The van der Waals surface area contributed by atoms with Gasteiger partial charge in [-0.05, 0) is 37.3 Å². The Morgan fingerprint density at radius 1 is 1.07 bits per heavy atom. The number of sulfonamides is 1. The smallest absolute Gasteiger partial charge is 0.340 e. The van der Waals surface area contributed by atoms with Gasteiger partial charge in [-0.25, -0.2) is 13.2 Å². The van der Waals surface area contributed by atoms with Crippen LogP contribution in [0.2, 0.25) is 0 Å². The van der Waals surface area contributed by atoms with E-state index in [0.29, 0.717) is 17.1 Å². The Kier molecular flexibility index (Phi) is 7.65. The standard InChI is InChI=1S/C20H24N2O7S/c1-13(16-11-14(27-2)9-10-18(16)28-3)21-19(23)12-29-20(24)15-7-5-6-8-17(15)22-30(4,25)26/h5-11,13,22H,12H2,1-4H3,(H,21,23)/t13-/m1/s1. The van der Waals surface area contributed by atoms with E-state index in [1.54, 1.807) is 37.3 Å². The molecule has 2 rings (SSSR count). The van der Waals surface area contributed by atoms with E-state index >= 15 is 0 Å². The number of hydrogen-bond acceptors (Lipinski definition) is 7. The third-order valence-electron chi connectivity index (χ3n) is 4.06. The summed E-state index contributed by atoms with van der Waals surface area (Å²) in [5.74, 6) is -0.188. The van der Waals surface area contributed by atoms with Gasteiger partial charge in [0.2, 0.25) is 10.0 Å². The fraction of sp³-hybridized carbons (Fsp3) is 0.300. The summed E-state index contributed by atoms with van der Waals surface area (Å²) in [5, 5.41) is 2.72. The molecule has 0 spiro atoms. The first-order chi connectivity index (χ1) is 14.1. The SMILES string of the molecule is COc1ccc(OC)c([C@@H](C)NC(=O)COC(=O)c2ccccc2NS(C)(=O)=O)c1. The molecule has 0 saturated heterocycles. The number of benzene rings is 2. The first-order valence-corrected chi connectivity index (χ1v) is 10.8. The van der Waals surface area contributed by atoms with Gasteiger partial charge >= 0.3 is 5.97 Å². The number of amides is 1. The predicted octanol–water partition coefficient (Wildman–Crippen LogP) is 2.11. The molecule has 162 valence electrons. The van der Waals surface area contributed by atoms with E-state index in [4.69, 9.17) is 14.2 Å². The van der Waals surface area contributed by atoms with Crippen LogP contribution in [0.15, 0.2) is 42.5 Å². The maximum absolute atomic E-state index is 12.3. The van der Waals surface area contributed by atoms with Crippen LogP contribution in [0.4, 0.5) is 5.69 Å². The van der Waals surface area contributed by atoms with Crippen molar-refractivity contribution in [3.8, 4) is 11.5 Å². The highest BCUT2D eigenvalue weighted by molar-refractivity contribution is 7.92. The molecule has 0 aliphatic heterocycles. The summed E-state index contributed by atoms with van der Waals surface area (Å²) in [4.78, 5) is 24.6. The number of ether oxygens (including phenoxy) is 3. The number of para-hydroxylation sites is 1. The fourth-order valence-electron chi connectivity index (χ4n) is 2.70. The second-order valence-electron chi connectivity index (χ2n) is 6.39. The van der Waals surface area contributed by atoms with E-state index in [9.17, 15) is 18.0 Å². The zero-order valence-electron chi connectivity index (χ0n) is 17.1. The van der Waals surface area contributed by atoms with Crippen LogP contribution < -0.4 is 19.5 Å². The summed E-state index contributed by atoms with van der Waals surface area (Å²) in [5.41, 5.74) is 0.761. The van der Waals surface area contributed by atoms with E-state index in [1.807, 2.05) is 0 Å². The third kappa shape index (κ3) is 6.38. The zero-order valence-corrected chi connectivity index (χ0v) is 17.9. The van der Waals surface area contributed by atoms with Crippen LogP contribution in [0.5, 0.6) is 11.5 Å². The van der Waals surface area contributed by atoms with Gasteiger partial charge in [0.05, 0.1) is 37.8 Å². The molecule has 30 heavy (non-hydrogen) atoms. The van der Waals surface area contributed by atoms with Gasteiger partial charge in [0, 0.05) is 5.56 Å². The summed E-state index contributed by atoms with van der Waals surface area (Å²) >= 11 is 0. The lowest BCUT2D eigenvalue weighted by Gasteiger charge is -2.18. The molecular formula is C20H24N2O7S. The van der Waals surface area contributed by atoms with Crippen molar-refractivity contribution in [3.63, 3.8) is 0 Å². The molecule has 0 aliphatic rings. The first kappa shape index (κ1) is 23.0.